The van der Waals surface area contributed by atoms with Gasteiger partial charge < -0.3 is 10.6 Å². The molecule has 104 valence electrons. The van der Waals surface area contributed by atoms with E-state index in [1.54, 1.807) is 11.9 Å². The summed E-state index contributed by atoms with van der Waals surface area (Å²) in [6.45, 7) is 2.08. The minimum Gasteiger partial charge on any atom is -0.389 e. The number of hydrogen-bond acceptors (Lipinski definition) is 3. The lowest BCUT2D eigenvalue weighted by atomic mass is 10.1. The molecule has 1 aromatic carbocycles. The Hall–Kier alpha value is -1.72. The molecule has 0 aliphatic carbocycles. The van der Waals surface area contributed by atoms with Gasteiger partial charge in [-0.3, -0.25) is 4.79 Å². The first kappa shape index (κ1) is 14.7. The molecule has 1 heterocycles. The Kier molecular flexibility index (Phi) is 4.52. The van der Waals surface area contributed by atoms with Crippen molar-refractivity contribution in [2.75, 3.05) is 11.9 Å². The minimum atomic E-state index is -0.0431. The Balaban J connectivity index is 2.33. The van der Waals surface area contributed by atoms with Gasteiger partial charge >= 0.3 is 0 Å². The fourth-order valence-corrected chi connectivity index (χ4v) is 3.03. The van der Waals surface area contributed by atoms with E-state index in [1.165, 1.54) is 16.2 Å². The van der Waals surface area contributed by atoms with Gasteiger partial charge in [-0.25, -0.2) is 0 Å². The molecule has 0 saturated carbocycles. The van der Waals surface area contributed by atoms with E-state index in [9.17, 15) is 4.79 Å². The van der Waals surface area contributed by atoms with Crippen molar-refractivity contribution in [3.63, 3.8) is 0 Å². The van der Waals surface area contributed by atoms with Gasteiger partial charge in [-0.1, -0.05) is 31.3 Å². The monoisotopic (exact) mass is 304 g/mol. The molecule has 0 fully saturated rings. The van der Waals surface area contributed by atoms with Gasteiger partial charge in [-0.2, -0.15) is 0 Å². The molecule has 20 heavy (non-hydrogen) atoms. The van der Waals surface area contributed by atoms with Gasteiger partial charge in [0.05, 0.1) is 10.6 Å². The second-order valence-corrected chi connectivity index (χ2v) is 5.97. The average molecular weight is 304 g/mol. The van der Waals surface area contributed by atoms with Crippen LogP contribution in [0.25, 0.3) is 0 Å². The van der Waals surface area contributed by atoms with Crippen molar-refractivity contribution < 1.29 is 4.79 Å². The molecule has 0 aliphatic heterocycles. The van der Waals surface area contributed by atoms with Crippen LogP contribution in [0.1, 0.15) is 27.0 Å². The number of nitrogens with two attached hydrogens (primary N) is 1. The number of thiocarbonyl (C=S) groups is 1. The highest BCUT2D eigenvalue weighted by atomic mass is 32.1. The predicted octanol–water partition coefficient (Wildman–Crippen LogP) is 3.22. The number of hydrogen-bond donors (Lipinski definition) is 1. The zero-order valence-electron chi connectivity index (χ0n) is 11.4. The summed E-state index contributed by atoms with van der Waals surface area (Å²) < 4.78 is 0. The molecular weight excluding hydrogens is 288 g/mol. The molecular formula is C15H16N2OS2. The molecule has 0 radical (unpaired) electrons. The highest BCUT2D eigenvalue weighted by molar-refractivity contribution is 7.80. The number of benzene rings is 1. The smallest absolute Gasteiger partial charge is 0.268 e. The maximum absolute atomic E-state index is 12.5. The van der Waals surface area contributed by atoms with Crippen LogP contribution >= 0.6 is 23.6 Å². The van der Waals surface area contributed by atoms with Gasteiger partial charge in [-0.15, -0.1) is 11.3 Å². The van der Waals surface area contributed by atoms with Gasteiger partial charge in [0.15, 0.2) is 0 Å². The first-order chi connectivity index (χ1) is 9.54. The summed E-state index contributed by atoms with van der Waals surface area (Å²) in [7, 11) is 1.74. The number of anilines is 1. The molecule has 3 nitrogen and oxygen atoms in total. The lowest BCUT2D eigenvalue weighted by molar-refractivity contribution is 0.0997. The van der Waals surface area contributed by atoms with Crippen LogP contribution < -0.4 is 10.6 Å². The predicted molar refractivity (Wildman–Crippen MR) is 88.8 cm³/mol. The van der Waals surface area contributed by atoms with Gasteiger partial charge in [0.2, 0.25) is 0 Å². The molecule has 1 aromatic heterocycles. The largest absolute Gasteiger partial charge is 0.389 e. The SMILES string of the molecule is CCc1ccc(C(=O)N(C)c2ccccc2C(N)=S)s1. The second-order valence-electron chi connectivity index (χ2n) is 4.37. The van der Waals surface area contributed by atoms with E-state index < -0.39 is 0 Å². The number of nitrogens with zero attached hydrogens (tertiary/aromatic N) is 1. The third kappa shape index (κ3) is 2.89. The molecule has 2 N–H and O–H groups in total. The Morgan fingerprint density at radius 3 is 2.60 bits per heavy atom. The number of aryl methyl sites for hydroxylation is 1. The van der Waals surface area contributed by atoms with Crippen LogP contribution in [0, 0.1) is 0 Å². The van der Waals surface area contributed by atoms with Crippen LogP contribution in [0.2, 0.25) is 0 Å². The summed E-state index contributed by atoms with van der Waals surface area (Å²) in [4.78, 5) is 16.3. The first-order valence-electron chi connectivity index (χ1n) is 6.30. The Morgan fingerprint density at radius 2 is 2.00 bits per heavy atom. The van der Waals surface area contributed by atoms with Crippen LogP contribution in [0.3, 0.4) is 0 Å². The third-order valence-corrected chi connectivity index (χ3v) is 4.49. The van der Waals surface area contributed by atoms with E-state index in [2.05, 4.69) is 6.92 Å². The molecule has 0 saturated heterocycles. The fraction of sp³-hybridized carbons (Fsp3) is 0.200. The summed E-state index contributed by atoms with van der Waals surface area (Å²) in [6, 6.07) is 11.3. The zero-order chi connectivity index (χ0) is 14.7. The quantitative estimate of drug-likeness (QED) is 0.882. The highest BCUT2D eigenvalue weighted by Crippen LogP contribution is 2.24. The van der Waals surface area contributed by atoms with Crippen LogP contribution in [0.4, 0.5) is 5.69 Å². The van der Waals surface area contributed by atoms with Crippen LogP contribution in [-0.2, 0) is 6.42 Å². The number of thiophene rings is 1. The van der Waals surface area contributed by atoms with Crippen molar-refractivity contribution in [2.45, 2.75) is 13.3 Å². The summed E-state index contributed by atoms with van der Waals surface area (Å²) >= 11 is 6.56. The van der Waals surface area contributed by atoms with Crippen molar-refractivity contribution in [1.29, 1.82) is 0 Å². The van der Waals surface area contributed by atoms with Crippen LogP contribution in [0.5, 0.6) is 0 Å². The van der Waals surface area contributed by atoms with Gasteiger partial charge in [0.1, 0.15) is 4.99 Å². The van der Waals surface area contributed by atoms with Crippen molar-refractivity contribution >= 4 is 40.1 Å². The summed E-state index contributed by atoms with van der Waals surface area (Å²) in [5, 5.41) is 0. The number of carbonyl (C=O) groups excluding carboxylic acids is 1. The van der Waals surface area contributed by atoms with Crippen LogP contribution in [0.15, 0.2) is 36.4 Å². The highest BCUT2D eigenvalue weighted by Gasteiger charge is 2.18. The standard InChI is InChI=1S/C15H16N2OS2/c1-3-10-8-9-13(20-10)15(18)17(2)12-7-5-4-6-11(12)14(16)19/h4-9H,3H2,1-2H3,(H2,16,19). The number of carbonyl (C=O) groups is 1. The van der Waals surface area contributed by atoms with E-state index >= 15 is 0 Å². The molecule has 0 spiro atoms. The van der Waals surface area contributed by atoms with Crippen LogP contribution in [-0.4, -0.2) is 17.9 Å². The molecule has 0 aliphatic rings. The molecule has 1 amide bonds. The molecule has 0 unspecified atom stereocenters. The van der Waals surface area contributed by atoms with E-state index in [0.29, 0.717) is 10.6 Å². The van der Waals surface area contributed by atoms with Crippen molar-refractivity contribution in [2.24, 2.45) is 5.73 Å². The molecule has 2 rings (SSSR count). The topological polar surface area (TPSA) is 46.3 Å². The lowest BCUT2D eigenvalue weighted by Gasteiger charge is -2.19. The Labute approximate surface area is 128 Å². The Morgan fingerprint density at radius 1 is 1.30 bits per heavy atom. The third-order valence-electron chi connectivity index (χ3n) is 3.06. The maximum atomic E-state index is 12.5. The minimum absolute atomic E-state index is 0.0431. The van der Waals surface area contributed by atoms with E-state index in [4.69, 9.17) is 18.0 Å². The van der Waals surface area contributed by atoms with Crippen molar-refractivity contribution in [1.82, 2.24) is 0 Å². The molecule has 2 aromatic rings. The second kappa shape index (κ2) is 6.15. The van der Waals surface area contributed by atoms with E-state index in [-0.39, 0.29) is 5.91 Å². The summed E-state index contributed by atoms with van der Waals surface area (Å²) in [5.41, 5.74) is 7.16. The molecule has 5 heteroatoms. The van der Waals surface area contributed by atoms with Crippen molar-refractivity contribution in [3.8, 4) is 0 Å². The average Bonchev–Trinajstić information content (AvgIpc) is 2.94. The normalized spacial score (nSPS) is 10.3. The van der Waals surface area contributed by atoms with Gasteiger partial charge in [-0.05, 0) is 30.7 Å². The fourth-order valence-electron chi connectivity index (χ4n) is 1.93. The number of para-hydroxylation sites is 1. The van der Waals surface area contributed by atoms with E-state index in [0.717, 1.165) is 17.0 Å². The first-order valence-corrected chi connectivity index (χ1v) is 7.52. The number of amides is 1. The van der Waals surface area contributed by atoms with Gasteiger partial charge in [0.25, 0.3) is 5.91 Å². The maximum Gasteiger partial charge on any atom is 0.268 e. The number of rotatable bonds is 4. The van der Waals surface area contributed by atoms with Crippen molar-refractivity contribution in [3.05, 3.63) is 51.7 Å². The van der Waals surface area contributed by atoms with Gasteiger partial charge in [0, 0.05) is 17.5 Å². The summed E-state index contributed by atoms with van der Waals surface area (Å²) in [6.07, 6.45) is 0.936. The lowest BCUT2D eigenvalue weighted by Crippen LogP contribution is -2.28. The zero-order valence-corrected chi connectivity index (χ0v) is 13.1. The summed E-state index contributed by atoms with van der Waals surface area (Å²) in [5.74, 6) is -0.0431. The Bertz CT molecular complexity index is 649. The van der Waals surface area contributed by atoms with E-state index in [1.807, 2.05) is 36.4 Å². The molecule has 0 atom stereocenters. The molecule has 0 bridgehead atoms.